The Bertz CT molecular complexity index is 2100. The van der Waals surface area contributed by atoms with Crippen molar-refractivity contribution in [1.82, 2.24) is 10.4 Å². The summed E-state index contributed by atoms with van der Waals surface area (Å²) in [5.41, 5.74) is 3.91. The number of hydroxylamine groups is 2. The lowest BCUT2D eigenvalue weighted by atomic mass is 9.52. The monoisotopic (exact) mass is 838 g/mol. The number of carbonyl (C=O) groups excluding carboxylic acids is 3. The van der Waals surface area contributed by atoms with Gasteiger partial charge in [0, 0.05) is 25.7 Å². The highest BCUT2D eigenvalue weighted by Gasteiger charge is 2.76. The third kappa shape index (κ3) is 7.17. The molecule has 2 aromatic rings. The third-order valence-electron chi connectivity index (χ3n) is 15.5. The van der Waals surface area contributed by atoms with Gasteiger partial charge in [0.2, 0.25) is 5.91 Å². The molecule has 12 nitrogen and oxygen atoms in total. The fraction of sp³-hybridized carbons (Fsp3) is 0.653. The lowest BCUT2D eigenvalue weighted by molar-refractivity contribution is -0.217. The van der Waals surface area contributed by atoms with Gasteiger partial charge in [0.1, 0.15) is 35.4 Å². The lowest BCUT2D eigenvalue weighted by Gasteiger charge is -2.53. The number of aliphatic hydroxyl groups excluding tert-OH is 1. The molecule has 4 aliphatic heterocycles. The fourth-order valence-corrected chi connectivity index (χ4v) is 12.4. The molecule has 10 rings (SSSR count). The van der Waals surface area contributed by atoms with Gasteiger partial charge < -0.3 is 34.1 Å². The summed E-state index contributed by atoms with van der Waals surface area (Å²) in [6.45, 7) is 12.3. The Morgan fingerprint density at radius 3 is 2.43 bits per heavy atom. The number of benzene rings is 2. The Labute approximate surface area is 358 Å². The normalized spacial score (nSPS) is 37.5. The van der Waals surface area contributed by atoms with Gasteiger partial charge in [-0.2, -0.15) is 5.06 Å². The summed E-state index contributed by atoms with van der Waals surface area (Å²) < 4.78 is 31.8. The number of carbonyl (C=O) groups is 3. The van der Waals surface area contributed by atoms with E-state index >= 15 is 4.79 Å². The smallest absolute Gasteiger partial charge is 0.327 e. The van der Waals surface area contributed by atoms with E-state index in [1.54, 1.807) is 25.8 Å². The third-order valence-corrected chi connectivity index (χ3v) is 15.5. The van der Waals surface area contributed by atoms with E-state index in [-0.39, 0.29) is 36.8 Å². The van der Waals surface area contributed by atoms with Crippen LogP contribution < -0.4 is 5.32 Å². The van der Waals surface area contributed by atoms with Crippen molar-refractivity contribution in [3.05, 3.63) is 76.4 Å². The number of nitrogens with one attached hydrogen (secondary N) is 1. The minimum absolute atomic E-state index is 0.000950. The van der Waals surface area contributed by atoms with E-state index in [9.17, 15) is 14.7 Å². The van der Waals surface area contributed by atoms with E-state index in [1.807, 2.05) is 24.3 Å². The number of rotatable bonds is 9. The van der Waals surface area contributed by atoms with Crippen LogP contribution in [0.15, 0.2) is 54.1 Å². The zero-order valence-corrected chi connectivity index (χ0v) is 36.4. The number of amides is 1. The number of ether oxygens (including phenoxy) is 5. The molecule has 61 heavy (non-hydrogen) atoms. The van der Waals surface area contributed by atoms with Crippen molar-refractivity contribution in [2.75, 3.05) is 6.61 Å². The molecule has 1 amide bonds. The largest absolute Gasteiger partial charge is 0.460 e. The number of nitrogens with zero attached hydrogens (tertiary/aromatic N) is 1. The molecule has 12 heteroatoms. The van der Waals surface area contributed by atoms with Crippen LogP contribution in [0.3, 0.4) is 0 Å². The summed E-state index contributed by atoms with van der Waals surface area (Å²) in [5.74, 6) is -1.31. The maximum Gasteiger partial charge on any atom is 0.327 e. The van der Waals surface area contributed by atoms with Gasteiger partial charge in [0.05, 0.1) is 30.9 Å². The van der Waals surface area contributed by atoms with Gasteiger partial charge in [-0.15, -0.1) is 0 Å². The molecule has 328 valence electrons. The first-order chi connectivity index (χ1) is 29.0. The van der Waals surface area contributed by atoms with Gasteiger partial charge in [-0.1, -0.05) is 74.0 Å². The van der Waals surface area contributed by atoms with Crippen LogP contribution in [-0.4, -0.2) is 94.2 Å². The first-order valence-corrected chi connectivity index (χ1v) is 22.7. The van der Waals surface area contributed by atoms with Crippen molar-refractivity contribution in [2.45, 2.75) is 172 Å². The zero-order chi connectivity index (χ0) is 42.7. The topological polar surface area (TPSA) is 145 Å². The second-order valence-electron chi connectivity index (χ2n) is 21.2. The van der Waals surface area contributed by atoms with Gasteiger partial charge in [-0.05, 0) is 106 Å². The van der Waals surface area contributed by atoms with Gasteiger partial charge in [-0.25, -0.2) is 0 Å². The highest BCUT2D eigenvalue weighted by molar-refractivity contribution is 5.94. The molecule has 2 N–H and O–H groups in total. The fourth-order valence-electron chi connectivity index (χ4n) is 12.4. The summed E-state index contributed by atoms with van der Waals surface area (Å²) in [7, 11) is 0. The maximum absolute atomic E-state index is 15.1. The molecule has 2 bridgehead atoms. The van der Waals surface area contributed by atoms with Crippen LogP contribution in [0.5, 0.6) is 0 Å². The molecule has 2 aromatic carbocycles. The highest BCUT2D eigenvalue weighted by atomic mass is 16.8. The molecule has 0 aromatic heterocycles. The van der Waals surface area contributed by atoms with Crippen molar-refractivity contribution < 1.29 is 48.0 Å². The van der Waals surface area contributed by atoms with E-state index in [2.05, 4.69) is 56.4 Å². The molecular weight excluding hydrogens is 777 g/mol. The van der Waals surface area contributed by atoms with Crippen molar-refractivity contribution in [3.8, 4) is 0 Å². The Balaban J connectivity index is 0.967. The number of hydrogen-bond donors (Lipinski definition) is 2. The molecule has 0 radical (unpaired) electrons. The molecule has 3 saturated carbocycles. The molecule has 7 fully saturated rings. The van der Waals surface area contributed by atoms with Crippen LogP contribution in [0.4, 0.5) is 0 Å². The average Bonchev–Trinajstić information content (AvgIpc) is 3.48. The predicted octanol–water partition coefficient (Wildman–Crippen LogP) is 6.14. The summed E-state index contributed by atoms with van der Waals surface area (Å²) >= 11 is 0. The standard InChI is InChI=1S/C49H62N2O10/c1-45(2,3)58-38(53)18-16-33(27-52)50-44(55)49-25-36-39-40(60-48(59-39)22-30-12-8-9-13-31(30)23-48)42(49)61-51(41(49)43(54)56-36)26-32-14-10-7-11-28(32)21-29-15-17-37-47(6,57-37)20-19-35-34(29)24-46(35,4)5/h7-14,21,33-37,39-42,52H,15-20,22-27H2,1-6H3,(H,50,55)/t33-,34+,35+,36+,37?,39-,40-,41-,42+,47+,49-/m0/s1. The Hall–Kier alpha value is -3.65. The molecule has 8 aliphatic rings. The summed E-state index contributed by atoms with van der Waals surface area (Å²) in [6, 6.07) is 14.5. The minimum atomic E-state index is -1.44. The van der Waals surface area contributed by atoms with E-state index < -0.39 is 77.8 Å². The second kappa shape index (κ2) is 14.7. The SMILES string of the molecule is CC(C)(C)OC(=O)CC[C@@H](CO)NC(=O)[C@@]12C[C@H]3OC(=O)[C@@H]1N(Cc1ccccc1C=C1CCC4O[C@]4(C)CC[C@@H]4[C@@H]1CC4(C)C)O[C@@H]2[C@H]1OC2(Cc4ccccc4C2)O[C@H]13. The van der Waals surface area contributed by atoms with E-state index in [1.165, 1.54) is 5.57 Å². The van der Waals surface area contributed by atoms with Crippen molar-refractivity contribution in [1.29, 1.82) is 0 Å². The molecular formula is C49H62N2O10. The molecule has 4 heterocycles. The number of epoxide rings is 1. The molecule has 4 saturated heterocycles. The Kier molecular flexibility index (Phi) is 9.97. The summed E-state index contributed by atoms with van der Waals surface area (Å²) in [4.78, 5) is 49.2. The van der Waals surface area contributed by atoms with Gasteiger partial charge >= 0.3 is 11.9 Å². The molecule has 11 atom stereocenters. The quantitative estimate of drug-likeness (QED) is 0.222. The van der Waals surface area contributed by atoms with Crippen molar-refractivity contribution in [3.63, 3.8) is 0 Å². The van der Waals surface area contributed by atoms with E-state index in [0.717, 1.165) is 54.4 Å². The number of allylic oxidation sites excluding steroid dienone is 1. The number of fused-ring (bicyclic) bond motifs is 7. The minimum Gasteiger partial charge on any atom is -0.460 e. The summed E-state index contributed by atoms with van der Waals surface area (Å²) in [5, 5.41) is 15.2. The molecule has 1 spiro atoms. The Morgan fingerprint density at radius 2 is 1.70 bits per heavy atom. The molecule has 4 aliphatic carbocycles. The van der Waals surface area contributed by atoms with Crippen LogP contribution in [0.25, 0.3) is 6.08 Å². The van der Waals surface area contributed by atoms with Crippen LogP contribution in [0.1, 0.15) is 115 Å². The maximum atomic E-state index is 15.1. The number of aliphatic hydroxyl groups is 1. The van der Waals surface area contributed by atoms with Crippen LogP contribution in [0, 0.1) is 22.7 Å². The van der Waals surface area contributed by atoms with E-state index in [4.69, 9.17) is 28.5 Å². The van der Waals surface area contributed by atoms with Gasteiger partial charge in [-0.3, -0.25) is 19.2 Å². The lowest BCUT2D eigenvalue weighted by Crippen LogP contribution is -2.70. The first-order valence-electron chi connectivity index (χ1n) is 22.7. The van der Waals surface area contributed by atoms with Crippen LogP contribution in [0.2, 0.25) is 0 Å². The van der Waals surface area contributed by atoms with Gasteiger partial charge in [0.25, 0.3) is 0 Å². The van der Waals surface area contributed by atoms with Crippen LogP contribution >= 0.6 is 0 Å². The summed E-state index contributed by atoms with van der Waals surface area (Å²) in [6.07, 6.45) is 6.38. The number of hydrogen-bond acceptors (Lipinski definition) is 11. The highest BCUT2D eigenvalue weighted by Crippen LogP contribution is 2.61. The van der Waals surface area contributed by atoms with Gasteiger partial charge in [0.15, 0.2) is 11.8 Å². The zero-order valence-electron chi connectivity index (χ0n) is 36.4. The average molecular weight is 839 g/mol. The predicted molar refractivity (Wildman–Crippen MR) is 223 cm³/mol. The van der Waals surface area contributed by atoms with Crippen LogP contribution in [-0.2, 0) is 62.3 Å². The van der Waals surface area contributed by atoms with E-state index in [0.29, 0.717) is 30.8 Å². The first kappa shape index (κ1) is 41.4. The van der Waals surface area contributed by atoms with Crippen molar-refractivity contribution >= 4 is 23.9 Å². The van der Waals surface area contributed by atoms with Crippen molar-refractivity contribution in [2.24, 2.45) is 22.7 Å². The second-order valence-corrected chi connectivity index (χ2v) is 21.2. The molecule has 1 unspecified atom stereocenters. The number of esters is 2. The Morgan fingerprint density at radius 1 is 0.984 bits per heavy atom.